The minimum absolute atomic E-state index is 0.0778. The fraction of sp³-hybridized carbons (Fsp3) is 0.263. The molecule has 0 fully saturated rings. The molecular formula is C19H19ClN2O3S2. The van der Waals surface area contributed by atoms with Gasteiger partial charge in [-0.05, 0) is 43.2 Å². The van der Waals surface area contributed by atoms with E-state index in [0.29, 0.717) is 9.82 Å². The molecule has 3 aromatic rings. The second-order valence-corrected chi connectivity index (χ2v) is 9.73. The number of nitrogens with zero attached hydrogens (tertiary/aromatic N) is 2. The fourth-order valence-electron chi connectivity index (χ4n) is 2.83. The Morgan fingerprint density at radius 3 is 2.59 bits per heavy atom. The summed E-state index contributed by atoms with van der Waals surface area (Å²) < 4.78 is 27.4. The summed E-state index contributed by atoms with van der Waals surface area (Å²) in [7, 11) is -1.54. The Bertz CT molecular complexity index is 1160. The first kappa shape index (κ1) is 19.8. The van der Waals surface area contributed by atoms with Crippen molar-refractivity contribution in [2.24, 2.45) is 12.0 Å². The molecule has 5 nitrogen and oxygen atoms in total. The van der Waals surface area contributed by atoms with E-state index in [0.717, 1.165) is 15.8 Å². The molecule has 0 aliphatic heterocycles. The van der Waals surface area contributed by atoms with Crippen molar-refractivity contribution < 1.29 is 13.2 Å². The van der Waals surface area contributed by atoms with Gasteiger partial charge in [-0.1, -0.05) is 41.1 Å². The number of rotatable bonds is 5. The normalized spacial score (nSPS) is 12.6. The zero-order valence-corrected chi connectivity index (χ0v) is 17.4. The highest BCUT2D eigenvalue weighted by atomic mass is 35.5. The maximum atomic E-state index is 12.3. The van der Waals surface area contributed by atoms with Gasteiger partial charge in [0.1, 0.15) is 0 Å². The van der Waals surface area contributed by atoms with Crippen molar-refractivity contribution in [1.29, 1.82) is 0 Å². The van der Waals surface area contributed by atoms with Gasteiger partial charge in [0.25, 0.3) is 0 Å². The van der Waals surface area contributed by atoms with Gasteiger partial charge in [0.2, 0.25) is 5.91 Å². The Morgan fingerprint density at radius 2 is 1.89 bits per heavy atom. The van der Waals surface area contributed by atoms with E-state index < -0.39 is 9.84 Å². The third kappa shape index (κ3) is 4.31. The molecule has 1 amide bonds. The predicted octanol–water partition coefficient (Wildman–Crippen LogP) is 3.88. The largest absolute Gasteiger partial charge is 0.319 e. The molecule has 0 N–H and O–H groups in total. The Balaban J connectivity index is 1.74. The van der Waals surface area contributed by atoms with Crippen molar-refractivity contribution in [3.05, 3.63) is 57.9 Å². The van der Waals surface area contributed by atoms with Gasteiger partial charge in [0.15, 0.2) is 14.6 Å². The van der Waals surface area contributed by atoms with Crippen LogP contribution in [0.5, 0.6) is 0 Å². The molecule has 8 heteroatoms. The number of halogens is 1. The highest BCUT2D eigenvalue weighted by molar-refractivity contribution is 7.91. The summed E-state index contributed by atoms with van der Waals surface area (Å²) in [5, 5.41) is 0.667. The quantitative estimate of drug-likeness (QED) is 0.626. The average molecular weight is 423 g/mol. The van der Waals surface area contributed by atoms with Crippen molar-refractivity contribution in [2.45, 2.75) is 24.7 Å². The monoisotopic (exact) mass is 422 g/mol. The van der Waals surface area contributed by atoms with E-state index in [1.165, 1.54) is 11.3 Å². The van der Waals surface area contributed by atoms with E-state index in [2.05, 4.69) is 4.99 Å². The lowest BCUT2D eigenvalue weighted by Crippen LogP contribution is -2.14. The first-order valence-corrected chi connectivity index (χ1v) is 11.2. The molecule has 0 atom stereocenters. The molecule has 2 aromatic carbocycles. The summed E-state index contributed by atoms with van der Waals surface area (Å²) in [5.74, 6) is -0.407. The van der Waals surface area contributed by atoms with Gasteiger partial charge < -0.3 is 4.57 Å². The van der Waals surface area contributed by atoms with E-state index in [4.69, 9.17) is 11.6 Å². The number of sulfone groups is 1. The topological polar surface area (TPSA) is 68.5 Å². The summed E-state index contributed by atoms with van der Waals surface area (Å²) in [6.45, 7) is 1.93. The molecule has 3 rings (SSSR count). The standard InChI is InChI=1S/C19H19ClN2O3S2/c1-13-15(20)10-11-16-18(13)22(2)19(26-16)21-17(23)9-6-12-27(24,25)14-7-4-3-5-8-14/h3-5,7-8,10-11H,6,9,12H2,1-2H3. The summed E-state index contributed by atoms with van der Waals surface area (Å²) in [6, 6.07) is 12.0. The molecule has 27 heavy (non-hydrogen) atoms. The van der Waals surface area contributed by atoms with Gasteiger partial charge in [0.05, 0.1) is 20.9 Å². The Morgan fingerprint density at radius 1 is 1.19 bits per heavy atom. The number of aryl methyl sites for hydroxylation is 2. The summed E-state index contributed by atoms with van der Waals surface area (Å²) >= 11 is 7.58. The second kappa shape index (κ2) is 7.96. The van der Waals surface area contributed by atoms with Crippen LogP contribution in [0.4, 0.5) is 0 Å². The highest BCUT2D eigenvalue weighted by Crippen LogP contribution is 2.26. The SMILES string of the molecule is Cc1c(Cl)ccc2sc(=NC(=O)CCCS(=O)(=O)c3ccccc3)n(C)c12. The summed E-state index contributed by atoms with van der Waals surface area (Å²) in [4.78, 5) is 17.2. The van der Waals surface area contributed by atoms with E-state index in [9.17, 15) is 13.2 Å². The first-order valence-electron chi connectivity index (χ1n) is 8.39. The Hall–Kier alpha value is -1.96. The molecule has 1 heterocycles. The summed E-state index contributed by atoms with van der Waals surface area (Å²) in [6.07, 6.45) is 0.319. The van der Waals surface area contributed by atoms with Crippen molar-refractivity contribution in [3.8, 4) is 0 Å². The number of carbonyl (C=O) groups is 1. The van der Waals surface area contributed by atoms with E-state index in [1.807, 2.05) is 30.7 Å². The Kier molecular flexibility index (Phi) is 5.83. The molecule has 0 saturated carbocycles. The predicted molar refractivity (Wildman–Crippen MR) is 109 cm³/mol. The zero-order chi connectivity index (χ0) is 19.6. The maximum absolute atomic E-state index is 12.3. The molecule has 0 spiro atoms. The second-order valence-electron chi connectivity index (χ2n) is 6.20. The van der Waals surface area contributed by atoms with Crippen molar-refractivity contribution in [3.63, 3.8) is 0 Å². The molecule has 0 radical (unpaired) electrons. The number of thiazole rings is 1. The molecular weight excluding hydrogens is 404 g/mol. The summed E-state index contributed by atoms with van der Waals surface area (Å²) in [5.41, 5.74) is 1.89. The fourth-order valence-corrected chi connectivity index (χ4v) is 5.41. The zero-order valence-electron chi connectivity index (χ0n) is 15.0. The lowest BCUT2D eigenvalue weighted by Gasteiger charge is -2.03. The maximum Gasteiger partial charge on any atom is 0.248 e. The number of benzene rings is 2. The van der Waals surface area contributed by atoms with E-state index in [1.54, 1.807) is 30.3 Å². The van der Waals surface area contributed by atoms with Crippen LogP contribution in [-0.2, 0) is 21.7 Å². The molecule has 0 aliphatic rings. The van der Waals surface area contributed by atoms with Gasteiger partial charge >= 0.3 is 0 Å². The van der Waals surface area contributed by atoms with Gasteiger partial charge in [-0.15, -0.1) is 0 Å². The van der Waals surface area contributed by atoms with Crippen molar-refractivity contribution >= 4 is 48.9 Å². The molecule has 0 aliphatic carbocycles. The van der Waals surface area contributed by atoms with Crippen LogP contribution in [0.2, 0.25) is 5.02 Å². The number of hydrogen-bond acceptors (Lipinski definition) is 4. The van der Waals surface area contributed by atoms with Crippen LogP contribution in [0.3, 0.4) is 0 Å². The molecule has 0 unspecified atom stereocenters. The lowest BCUT2D eigenvalue weighted by atomic mass is 10.2. The molecule has 0 bridgehead atoms. The minimum Gasteiger partial charge on any atom is -0.319 e. The van der Waals surface area contributed by atoms with Crippen LogP contribution >= 0.6 is 22.9 Å². The van der Waals surface area contributed by atoms with Gasteiger partial charge in [-0.2, -0.15) is 4.99 Å². The number of fused-ring (bicyclic) bond motifs is 1. The van der Waals surface area contributed by atoms with Gasteiger partial charge in [-0.25, -0.2) is 8.42 Å². The van der Waals surface area contributed by atoms with Crippen LogP contribution in [0, 0.1) is 6.92 Å². The third-order valence-corrected chi connectivity index (χ3v) is 7.60. The molecule has 142 valence electrons. The molecule has 1 aromatic heterocycles. The van der Waals surface area contributed by atoms with Crippen LogP contribution in [0.15, 0.2) is 52.4 Å². The average Bonchev–Trinajstić information content (AvgIpc) is 2.95. The van der Waals surface area contributed by atoms with E-state index in [-0.39, 0.29) is 29.4 Å². The lowest BCUT2D eigenvalue weighted by molar-refractivity contribution is -0.118. The third-order valence-electron chi connectivity index (χ3n) is 4.28. The van der Waals surface area contributed by atoms with Gasteiger partial charge in [-0.3, -0.25) is 4.79 Å². The number of hydrogen-bond donors (Lipinski definition) is 0. The van der Waals surface area contributed by atoms with Gasteiger partial charge in [0, 0.05) is 18.5 Å². The smallest absolute Gasteiger partial charge is 0.248 e. The van der Waals surface area contributed by atoms with E-state index >= 15 is 0 Å². The van der Waals surface area contributed by atoms with Crippen LogP contribution in [0.1, 0.15) is 18.4 Å². The first-order chi connectivity index (χ1) is 12.8. The van der Waals surface area contributed by atoms with Crippen LogP contribution < -0.4 is 4.80 Å². The van der Waals surface area contributed by atoms with Crippen molar-refractivity contribution in [1.82, 2.24) is 4.57 Å². The highest BCUT2D eigenvalue weighted by Gasteiger charge is 2.15. The van der Waals surface area contributed by atoms with Crippen molar-refractivity contribution in [2.75, 3.05) is 5.75 Å². The molecule has 0 saturated heterocycles. The van der Waals surface area contributed by atoms with Crippen LogP contribution in [0.25, 0.3) is 10.2 Å². The van der Waals surface area contributed by atoms with Crippen LogP contribution in [-0.4, -0.2) is 24.6 Å². The number of aromatic nitrogens is 1. The number of amides is 1. The minimum atomic E-state index is -3.38. The number of carbonyl (C=O) groups excluding carboxylic acids is 1. The Labute approximate surface area is 166 Å².